The van der Waals surface area contributed by atoms with Gasteiger partial charge in [0.2, 0.25) is 0 Å². The topological polar surface area (TPSA) is 88.8 Å². The van der Waals surface area contributed by atoms with Crippen molar-refractivity contribution in [2.45, 2.75) is 13.5 Å². The first kappa shape index (κ1) is 14.6. The standard InChI is InChI=1S/C11H15Cl2N5/c1-2-16-10(14)18-11(15)17-6-7-3-4-8(12)9(13)5-7/h3-5H,2,6H2,1H3,(H5,14,15,16,17,18). The number of nitrogens with zero attached hydrogens (tertiary/aromatic N) is 2. The van der Waals surface area contributed by atoms with Crippen LogP contribution >= 0.6 is 23.2 Å². The number of halogens is 2. The van der Waals surface area contributed by atoms with Crippen molar-refractivity contribution >= 4 is 35.1 Å². The monoisotopic (exact) mass is 287 g/mol. The minimum atomic E-state index is 0.204. The van der Waals surface area contributed by atoms with E-state index < -0.39 is 0 Å². The Kier molecular flexibility index (Phi) is 5.74. The van der Waals surface area contributed by atoms with Crippen molar-refractivity contribution in [3.8, 4) is 0 Å². The summed E-state index contributed by atoms with van der Waals surface area (Å²) in [6.45, 7) is 2.84. The molecule has 0 spiro atoms. The normalized spacial score (nSPS) is 12.6. The molecule has 7 heteroatoms. The zero-order valence-electron chi connectivity index (χ0n) is 9.95. The maximum Gasteiger partial charge on any atom is 0.195 e. The van der Waals surface area contributed by atoms with Crippen LogP contribution in [0.5, 0.6) is 0 Å². The Hall–Kier alpha value is -1.46. The van der Waals surface area contributed by atoms with E-state index >= 15 is 0 Å². The molecule has 0 aliphatic heterocycles. The van der Waals surface area contributed by atoms with Crippen molar-refractivity contribution in [1.82, 2.24) is 5.32 Å². The van der Waals surface area contributed by atoms with Crippen LogP contribution in [0.15, 0.2) is 28.2 Å². The third-order valence-corrected chi connectivity index (χ3v) is 2.74. The van der Waals surface area contributed by atoms with E-state index in [0.717, 1.165) is 5.56 Å². The van der Waals surface area contributed by atoms with E-state index in [0.29, 0.717) is 23.1 Å². The van der Waals surface area contributed by atoms with E-state index in [1.807, 2.05) is 13.0 Å². The van der Waals surface area contributed by atoms with Gasteiger partial charge in [-0.05, 0) is 24.6 Å². The Balaban J connectivity index is 2.62. The number of nitrogens with one attached hydrogen (secondary N) is 1. The predicted octanol–water partition coefficient (Wildman–Crippen LogP) is 1.73. The first-order chi connectivity index (χ1) is 8.52. The molecule has 1 aromatic carbocycles. The number of hydrogen-bond acceptors (Lipinski definition) is 2. The van der Waals surface area contributed by atoms with Crippen molar-refractivity contribution in [3.05, 3.63) is 33.8 Å². The van der Waals surface area contributed by atoms with Gasteiger partial charge in [-0.25, -0.2) is 4.99 Å². The molecule has 0 atom stereocenters. The molecule has 0 fully saturated rings. The maximum atomic E-state index is 5.89. The summed E-state index contributed by atoms with van der Waals surface area (Å²) in [5.41, 5.74) is 12.1. The van der Waals surface area contributed by atoms with Crippen LogP contribution in [0.2, 0.25) is 10.0 Å². The van der Waals surface area contributed by atoms with E-state index in [1.54, 1.807) is 12.1 Å². The second-order valence-corrected chi connectivity index (χ2v) is 4.25. The summed E-state index contributed by atoms with van der Waals surface area (Å²) in [5, 5.41) is 3.67. The fourth-order valence-electron chi connectivity index (χ4n) is 1.20. The Morgan fingerprint density at radius 3 is 2.44 bits per heavy atom. The van der Waals surface area contributed by atoms with Gasteiger partial charge in [-0.15, -0.1) is 0 Å². The summed E-state index contributed by atoms with van der Waals surface area (Å²) >= 11 is 11.7. The van der Waals surface area contributed by atoms with Crippen LogP contribution in [0.4, 0.5) is 0 Å². The largest absolute Gasteiger partial charge is 0.370 e. The molecule has 0 heterocycles. The molecule has 5 N–H and O–H groups in total. The van der Waals surface area contributed by atoms with Crippen LogP contribution in [-0.4, -0.2) is 18.5 Å². The van der Waals surface area contributed by atoms with E-state index in [1.165, 1.54) is 0 Å². The number of benzene rings is 1. The van der Waals surface area contributed by atoms with E-state index in [2.05, 4.69) is 15.3 Å². The van der Waals surface area contributed by atoms with Crippen molar-refractivity contribution in [2.24, 2.45) is 21.5 Å². The van der Waals surface area contributed by atoms with Gasteiger partial charge in [0.1, 0.15) is 0 Å². The number of aliphatic imine (C=N–C) groups is 2. The molecule has 0 unspecified atom stereocenters. The van der Waals surface area contributed by atoms with Crippen LogP contribution in [0.1, 0.15) is 12.5 Å². The molecule has 0 aliphatic rings. The molecule has 1 aromatic rings. The third kappa shape index (κ3) is 4.81. The van der Waals surface area contributed by atoms with Gasteiger partial charge >= 0.3 is 0 Å². The third-order valence-electron chi connectivity index (χ3n) is 2.00. The van der Waals surface area contributed by atoms with Crippen LogP contribution in [0.25, 0.3) is 0 Å². The molecule has 18 heavy (non-hydrogen) atoms. The highest BCUT2D eigenvalue weighted by Gasteiger charge is 1.99. The minimum absolute atomic E-state index is 0.204. The molecule has 0 amide bonds. The lowest BCUT2D eigenvalue weighted by atomic mass is 10.2. The lowest BCUT2D eigenvalue weighted by Crippen LogP contribution is -2.41. The minimum Gasteiger partial charge on any atom is -0.370 e. The first-order valence-electron chi connectivity index (χ1n) is 5.33. The lowest BCUT2D eigenvalue weighted by Gasteiger charge is -2.04. The summed E-state index contributed by atoms with van der Waals surface area (Å²) in [7, 11) is 0. The van der Waals surface area contributed by atoms with Crippen LogP contribution < -0.4 is 16.8 Å². The zero-order valence-corrected chi connectivity index (χ0v) is 11.5. The molecule has 0 saturated carbocycles. The molecule has 1 rings (SSSR count). The number of rotatable bonds is 3. The first-order valence-corrected chi connectivity index (χ1v) is 6.09. The number of nitrogens with two attached hydrogens (primary N) is 2. The fourth-order valence-corrected chi connectivity index (χ4v) is 1.52. The van der Waals surface area contributed by atoms with Crippen molar-refractivity contribution in [1.29, 1.82) is 0 Å². The highest BCUT2D eigenvalue weighted by Crippen LogP contribution is 2.22. The predicted molar refractivity (Wildman–Crippen MR) is 77.1 cm³/mol. The van der Waals surface area contributed by atoms with E-state index in [-0.39, 0.29) is 11.9 Å². The average molecular weight is 288 g/mol. The zero-order chi connectivity index (χ0) is 13.5. The summed E-state index contributed by atoms with van der Waals surface area (Å²) < 4.78 is 0. The molecule has 0 aliphatic carbocycles. The van der Waals surface area contributed by atoms with Gasteiger partial charge in [0.05, 0.1) is 16.6 Å². The van der Waals surface area contributed by atoms with Gasteiger partial charge in [0, 0.05) is 6.54 Å². The highest BCUT2D eigenvalue weighted by atomic mass is 35.5. The number of guanidine groups is 2. The van der Waals surface area contributed by atoms with Gasteiger partial charge < -0.3 is 11.5 Å². The Bertz CT molecular complexity index is 471. The molecule has 0 saturated heterocycles. The second-order valence-electron chi connectivity index (χ2n) is 3.43. The van der Waals surface area contributed by atoms with Gasteiger partial charge in [0.15, 0.2) is 11.9 Å². The molecule has 98 valence electrons. The van der Waals surface area contributed by atoms with Crippen LogP contribution in [-0.2, 0) is 6.54 Å². The van der Waals surface area contributed by atoms with Crippen molar-refractivity contribution < 1.29 is 0 Å². The lowest BCUT2D eigenvalue weighted by molar-refractivity contribution is 1.03. The average Bonchev–Trinajstić information content (AvgIpc) is 2.31. The smallest absolute Gasteiger partial charge is 0.195 e. The highest BCUT2D eigenvalue weighted by molar-refractivity contribution is 6.42. The quantitative estimate of drug-likeness (QED) is 0.584. The van der Waals surface area contributed by atoms with Crippen LogP contribution in [0.3, 0.4) is 0 Å². The molecule has 0 aromatic heterocycles. The SMILES string of the molecule is CCN=C(N)NC(N)=NCc1ccc(Cl)c(Cl)c1. The second kappa shape index (κ2) is 7.08. The molecule has 5 nitrogen and oxygen atoms in total. The van der Waals surface area contributed by atoms with Gasteiger partial charge in [0.25, 0.3) is 0 Å². The summed E-state index contributed by atoms with van der Waals surface area (Å²) in [6.07, 6.45) is 0. The Morgan fingerprint density at radius 1 is 1.17 bits per heavy atom. The van der Waals surface area contributed by atoms with Crippen molar-refractivity contribution in [3.63, 3.8) is 0 Å². The summed E-state index contributed by atoms with van der Waals surface area (Å²) in [6, 6.07) is 5.28. The van der Waals surface area contributed by atoms with Crippen molar-refractivity contribution in [2.75, 3.05) is 6.54 Å². The fraction of sp³-hybridized carbons (Fsp3) is 0.273. The van der Waals surface area contributed by atoms with E-state index in [9.17, 15) is 0 Å². The van der Waals surface area contributed by atoms with Gasteiger partial charge in [-0.3, -0.25) is 10.3 Å². The van der Waals surface area contributed by atoms with Gasteiger partial charge in [-0.2, -0.15) is 0 Å². The maximum absolute atomic E-state index is 5.89. The molecular formula is C11H15Cl2N5. The summed E-state index contributed by atoms with van der Waals surface area (Å²) in [5.74, 6) is 0.448. The number of hydrogen-bond donors (Lipinski definition) is 3. The Morgan fingerprint density at radius 2 is 1.83 bits per heavy atom. The van der Waals surface area contributed by atoms with E-state index in [4.69, 9.17) is 34.7 Å². The van der Waals surface area contributed by atoms with Gasteiger partial charge in [-0.1, -0.05) is 29.3 Å². The van der Waals surface area contributed by atoms with Crippen LogP contribution in [0, 0.1) is 0 Å². The Labute approximate surface area is 116 Å². The molecule has 0 bridgehead atoms. The molecule has 0 radical (unpaired) electrons. The molecular weight excluding hydrogens is 273 g/mol. The summed E-state index contributed by atoms with van der Waals surface area (Å²) in [4.78, 5) is 8.04.